The van der Waals surface area contributed by atoms with Crippen molar-refractivity contribution >= 4 is 0 Å². The average Bonchev–Trinajstić information content (AvgIpc) is 2.01. The highest BCUT2D eigenvalue weighted by Gasteiger charge is 2.05. The lowest BCUT2D eigenvalue weighted by atomic mass is 10.4. The van der Waals surface area contributed by atoms with Crippen molar-refractivity contribution in [1.29, 1.82) is 0 Å². The SMILES string of the molecule is CCOc1cc(C)nc(OC(C)C)n1. The third kappa shape index (κ3) is 3.20. The quantitative estimate of drug-likeness (QED) is 0.738. The molecule has 1 rings (SSSR count). The molecule has 0 unspecified atom stereocenters. The van der Waals surface area contributed by atoms with Crippen molar-refractivity contribution in [2.24, 2.45) is 0 Å². The molecule has 1 heterocycles. The Morgan fingerprint density at radius 1 is 1.36 bits per heavy atom. The predicted molar refractivity (Wildman–Crippen MR) is 53.7 cm³/mol. The molecule has 0 spiro atoms. The third-order valence-electron chi connectivity index (χ3n) is 1.44. The van der Waals surface area contributed by atoms with Gasteiger partial charge < -0.3 is 9.47 Å². The van der Waals surface area contributed by atoms with E-state index in [9.17, 15) is 0 Å². The summed E-state index contributed by atoms with van der Waals surface area (Å²) in [6.45, 7) is 8.27. The van der Waals surface area contributed by atoms with Gasteiger partial charge in [0, 0.05) is 11.8 Å². The first-order chi connectivity index (χ1) is 6.61. The van der Waals surface area contributed by atoms with Gasteiger partial charge in [0.2, 0.25) is 5.88 Å². The summed E-state index contributed by atoms with van der Waals surface area (Å²) >= 11 is 0. The van der Waals surface area contributed by atoms with Gasteiger partial charge in [0.1, 0.15) is 0 Å². The molecule has 0 aromatic carbocycles. The Bertz CT molecular complexity index is 300. The Morgan fingerprint density at radius 2 is 2.07 bits per heavy atom. The lowest BCUT2D eigenvalue weighted by Crippen LogP contribution is -2.09. The van der Waals surface area contributed by atoms with Crippen LogP contribution in [0.15, 0.2) is 6.07 Å². The van der Waals surface area contributed by atoms with Crippen LogP contribution in [0.5, 0.6) is 11.9 Å². The molecule has 1 aromatic rings. The minimum Gasteiger partial charge on any atom is -0.478 e. The third-order valence-corrected chi connectivity index (χ3v) is 1.44. The first-order valence-corrected chi connectivity index (χ1v) is 4.77. The fourth-order valence-corrected chi connectivity index (χ4v) is 0.999. The van der Waals surface area contributed by atoms with Crippen LogP contribution in [-0.2, 0) is 0 Å². The van der Waals surface area contributed by atoms with Crippen molar-refractivity contribution in [2.45, 2.75) is 33.8 Å². The molecule has 0 aliphatic rings. The molecule has 14 heavy (non-hydrogen) atoms. The number of ether oxygens (including phenoxy) is 2. The Hall–Kier alpha value is -1.32. The maximum absolute atomic E-state index is 5.38. The average molecular weight is 196 g/mol. The highest BCUT2D eigenvalue weighted by atomic mass is 16.5. The van der Waals surface area contributed by atoms with Gasteiger partial charge in [-0.25, -0.2) is 4.98 Å². The van der Waals surface area contributed by atoms with Crippen LogP contribution in [0.2, 0.25) is 0 Å². The Balaban J connectivity index is 2.83. The fourth-order valence-electron chi connectivity index (χ4n) is 0.999. The summed E-state index contributed by atoms with van der Waals surface area (Å²) in [6, 6.07) is 2.17. The van der Waals surface area contributed by atoms with Crippen molar-refractivity contribution in [2.75, 3.05) is 6.61 Å². The number of hydrogen-bond donors (Lipinski definition) is 0. The zero-order valence-corrected chi connectivity index (χ0v) is 9.07. The maximum Gasteiger partial charge on any atom is 0.320 e. The number of aryl methyl sites for hydroxylation is 1. The van der Waals surface area contributed by atoms with Crippen LogP contribution < -0.4 is 9.47 Å². The van der Waals surface area contributed by atoms with Crippen molar-refractivity contribution in [3.05, 3.63) is 11.8 Å². The minimum absolute atomic E-state index is 0.0753. The first kappa shape index (κ1) is 10.8. The lowest BCUT2D eigenvalue weighted by Gasteiger charge is -2.09. The van der Waals surface area contributed by atoms with Crippen LogP contribution in [-0.4, -0.2) is 22.7 Å². The second-order valence-corrected chi connectivity index (χ2v) is 3.23. The molecule has 78 valence electrons. The molecule has 4 nitrogen and oxygen atoms in total. The number of aromatic nitrogens is 2. The lowest BCUT2D eigenvalue weighted by molar-refractivity contribution is 0.216. The van der Waals surface area contributed by atoms with Crippen LogP contribution in [0, 0.1) is 6.92 Å². The van der Waals surface area contributed by atoms with Gasteiger partial charge in [-0.05, 0) is 27.7 Å². The van der Waals surface area contributed by atoms with Gasteiger partial charge in [0.25, 0.3) is 0 Å². The van der Waals surface area contributed by atoms with E-state index in [-0.39, 0.29) is 6.10 Å². The molecule has 0 bridgehead atoms. The van der Waals surface area contributed by atoms with Crippen LogP contribution in [0.4, 0.5) is 0 Å². The van der Waals surface area contributed by atoms with Crippen molar-refractivity contribution < 1.29 is 9.47 Å². The molecule has 1 aromatic heterocycles. The maximum atomic E-state index is 5.38. The Labute approximate surface area is 84.3 Å². The van der Waals surface area contributed by atoms with E-state index in [1.54, 1.807) is 6.07 Å². The summed E-state index contributed by atoms with van der Waals surface area (Å²) in [7, 11) is 0. The zero-order chi connectivity index (χ0) is 10.6. The van der Waals surface area contributed by atoms with Crippen LogP contribution >= 0.6 is 0 Å². The van der Waals surface area contributed by atoms with Crippen LogP contribution in [0.25, 0.3) is 0 Å². The Morgan fingerprint density at radius 3 is 2.64 bits per heavy atom. The number of nitrogens with zero attached hydrogens (tertiary/aromatic N) is 2. The molecule has 0 amide bonds. The van der Waals surface area contributed by atoms with Gasteiger partial charge in [0.05, 0.1) is 12.7 Å². The summed E-state index contributed by atoms with van der Waals surface area (Å²) in [5, 5.41) is 0. The van der Waals surface area contributed by atoms with E-state index in [1.165, 1.54) is 0 Å². The second-order valence-electron chi connectivity index (χ2n) is 3.23. The molecule has 0 aliphatic carbocycles. The first-order valence-electron chi connectivity index (χ1n) is 4.77. The summed E-state index contributed by atoms with van der Waals surface area (Å²) < 4.78 is 10.7. The van der Waals surface area contributed by atoms with Crippen LogP contribution in [0.1, 0.15) is 26.5 Å². The molecule has 0 radical (unpaired) electrons. The number of rotatable bonds is 4. The molecule has 0 atom stereocenters. The summed E-state index contributed by atoms with van der Waals surface area (Å²) in [4.78, 5) is 8.25. The molecule has 0 fully saturated rings. The molecule has 0 N–H and O–H groups in total. The smallest absolute Gasteiger partial charge is 0.320 e. The molecule has 0 saturated carbocycles. The largest absolute Gasteiger partial charge is 0.478 e. The van der Waals surface area contributed by atoms with E-state index in [1.807, 2.05) is 27.7 Å². The van der Waals surface area contributed by atoms with E-state index >= 15 is 0 Å². The van der Waals surface area contributed by atoms with E-state index < -0.39 is 0 Å². The monoisotopic (exact) mass is 196 g/mol. The van der Waals surface area contributed by atoms with Gasteiger partial charge >= 0.3 is 6.01 Å². The standard InChI is InChI=1S/C10H16N2O2/c1-5-13-9-6-8(4)11-10(12-9)14-7(2)3/h6-7H,5H2,1-4H3. The van der Waals surface area contributed by atoms with Gasteiger partial charge in [-0.2, -0.15) is 4.98 Å². The fraction of sp³-hybridized carbons (Fsp3) is 0.600. The summed E-state index contributed by atoms with van der Waals surface area (Å²) in [6.07, 6.45) is 0.0753. The van der Waals surface area contributed by atoms with Crippen molar-refractivity contribution in [3.63, 3.8) is 0 Å². The van der Waals surface area contributed by atoms with Gasteiger partial charge in [0.15, 0.2) is 0 Å². The van der Waals surface area contributed by atoms with Gasteiger partial charge in [-0.3, -0.25) is 0 Å². The van der Waals surface area contributed by atoms with Crippen molar-refractivity contribution in [3.8, 4) is 11.9 Å². The van der Waals surface area contributed by atoms with Crippen molar-refractivity contribution in [1.82, 2.24) is 9.97 Å². The van der Waals surface area contributed by atoms with Gasteiger partial charge in [-0.1, -0.05) is 0 Å². The zero-order valence-electron chi connectivity index (χ0n) is 9.07. The topological polar surface area (TPSA) is 44.2 Å². The van der Waals surface area contributed by atoms with E-state index in [4.69, 9.17) is 9.47 Å². The highest BCUT2D eigenvalue weighted by molar-refractivity contribution is 5.17. The highest BCUT2D eigenvalue weighted by Crippen LogP contribution is 2.14. The van der Waals surface area contributed by atoms with Gasteiger partial charge in [-0.15, -0.1) is 0 Å². The Kier molecular flexibility index (Phi) is 3.68. The molecule has 4 heteroatoms. The molecular formula is C10H16N2O2. The summed E-state index contributed by atoms with van der Waals surface area (Å²) in [5.41, 5.74) is 0.846. The molecule has 0 saturated heterocycles. The number of hydrogen-bond acceptors (Lipinski definition) is 4. The van der Waals surface area contributed by atoms with E-state index in [2.05, 4.69) is 9.97 Å². The van der Waals surface area contributed by atoms with E-state index in [0.717, 1.165) is 5.69 Å². The normalized spacial score (nSPS) is 10.4. The van der Waals surface area contributed by atoms with E-state index in [0.29, 0.717) is 18.5 Å². The summed E-state index contributed by atoms with van der Waals surface area (Å²) in [5.74, 6) is 0.565. The second kappa shape index (κ2) is 4.79. The predicted octanol–water partition coefficient (Wildman–Crippen LogP) is 1.97. The molecule has 0 aliphatic heterocycles. The van der Waals surface area contributed by atoms with Crippen LogP contribution in [0.3, 0.4) is 0 Å². The molecular weight excluding hydrogens is 180 g/mol. The minimum atomic E-state index is 0.0753.